The molecule has 0 aliphatic carbocycles. The predicted octanol–water partition coefficient (Wildman–Crippen LogP) is 4.01. The molecule has 2 atom stereocenters. The normalized spacial score (nSPS) is 17.8. The van der Waals surface area contributed by atoms with E-state index >= 15 is 0 Å². The van der Waals surface area contributed by atoms with Gasteiger partial charge in [0.15, 0.2) is 21.3 Å². The van der Waals surface area contributed by atoms with Crippen LogP contribution in [0.2, 0.25) is 0 Å². The molecule has 12 nitrogen and oxygen atoms in total. The first-order valence-electron chi connectivity index (χ1n) is 13.9. The van der Waals surface area contributed by atoms with Gasteiger partial charge in [0, 0.05) is 17.7 Å². The average molecular weight is 694 g/mol. The van der Waals surface area contributed by atoms with Crippen molar-refractivity contribution in [2.45, 2.75) is 28.8 Å². The molecule has 0 radical (unpaired) electrons. The molecule has 2 aromatic heterocycles. The minimum absolute atomic E-state index is 0.0584. The second-order valence-corrected chi connectivity index (χ2v) is 14.6. The summed E-state index contributed by atoms with van der Waals surface area (Å²) in [6.45, 7) is 1.87. The van der Waals surface area contributed by atoms with Gasteiger partial charge in [-0.05, 0) is 23.6 Å². The molecular formula is C30H27N7O5S4. The number of hydrogen-bond acceptors (Lipinski definition) is 14. The van der Waals surface area contributed by atoms with Crippen molar-refractivity contribution in [2.24, 2.45) is 5.16 Å². The van der Waals surface area contributed by atoms with Crippen LogP contribution in [0.4, 0.5) is 5.13 Å². The van der Waals surface area contributed by atoms with E-state index in [-0.39, 0.29) is 16.5 Å². The smallest absolute Gasteiger partial charge is 0.356 e. The molecule has 0 spiro atoms. The van der Waals surface area contributed by atoms with E-state index in [0.29, 0.717) is 16.4 Å². The van der Waals surface area contributed by atoms with Gasteiger partial charge in [-0.1, -0.05) is 100 Å². The molecule has 0 saturated carbocycles. The third kappa shape index (κ3) is 6.65. The molecule has 3 N–H and O–H groups in total. The van der Waals surface area contributed by atoms with Crippen LogP contribution < -0.4 is 11.1 Å². The number of aryl methyl sites for hydroxylation is 1. The molecule has 2 aromatic carbocycles. The maximum atomic E-state index is 14.2. The van der Waals surface area contributed by atoms with Crippen molar-refractivity contribution < 1.29 is 24.0 Å². The maximum Gasteiger partial charge on any atom is 0.356 e. The lowest BCUT2D eigenvalue weighted by atomic mass is 10.0. The highest BCUT2D eigenvalue weighted by molar-refractivity contribution is 8.01. The summed E-state index contributed by atoms with van der Waals surface area (Å²) in [6.07, 6.45) is 0.708. The molecule has 1 fully saturated rings. The molecule has 1 saturated heterocycles. The van der Waals surface area contributed by atoms with Crippen LogP contribution in [0.1, 0.15) is 27.1 Å². The molecular weight excluding hydrogens is 667 g/mol. The molecule has 2 amide bonds. The van der Waals surface area contributed by atoms with Crippen molar-refractivity contribution in [3.8, 4) is 0 Å². The van der Waals surface area contributed by atoms with Gasteiger partial charge in [0.1, 0.15) is 29.2 Å². The van der Waals surface area contributed by atoms with Crippen molar-refractivity contribution in [3.63, 3.8) is 0 Å². The zero-order valence-electron chi connectivity index (χ0n) is 24.5. The Labute approximate surface area is 280 Å². The van der Waals surface area contributed by atoms with Gasteiger partial charge in [-0.25, -0.2) is 9.78 Å². The summed E-state index contributed by atoms with van der Waals surface area (Å²) in [5.41, 5.74) is 8.17. The number of nitrogen functional groups attached to an aromatic ring is 1. The number of thiazole rings is 1. The maximum absolute atomic E-state index is 14.2. The Morgan fingerprint density at radius 2 is 1.80 bits per heavy atom. The quantitative estimate of drug-likeness (QED) is 0.0768. The number of anilines is 1. The first-order chi connectivity index (χ1) is 22.3. The monoisotopic (exact) mass is 693 g/mol. The van der Waals surface area contributed by atoms with E-state index in [0.717, 1.165) is 37.4 Å². The molecule has 16 heteroatoms. The molecule has 0 unspecified atom stereocenters. The predicted molar refractivity (Wildman–Crippen MR) is 178 cm³/mol. The summed E-state index contributed by atoms with van der Waals surface area (Å²) >= 11 is 5.42. The Hall–Kier alpha value is -4.25. The van der Waals surface area contributed by atoms with Crippen LogP contribution in [-0.2, 0) is 24.0 Å². The summed E-state index contributed by atoms with van der Waals surface area (Å²) in [6, 6.07) is 18.0. The molecule has 2 aliphatic rings. The van der Waals surface area contributed by atoms with E-state index in [2.05, 4.69) is 25.7 Å². The van der Waals surface area contributed by atoms with Crippen LogP contribution in [0.5, 0.6) is 0 Å². The third-order valence-electron chi connectivity index (χ3n) is 6.99. The minimum atomic E-state index is -0.910. The number of amides is 2. The topological polar surface area (TPSA) is 162 Å². The van der Waals surface area contributed by atoms with Crippen LogP contribution in [0, 0.1) is 6.92 Å². The summed E-state index contributed by atoms with van der Waals surface area (Å²) in [5, 5.41) is 15.4. The van der Waals surface area contributed by atoms with Crippen molar-refractivity contribution in [2.75, 3.05) is 24.3 Å². The number of aromatic nitrogens is 3. The lowest BCUT2D eigenvalue weighted by molar-refractivity contribution is -0.154. The Balaban J connectivity index is 1.28. The molecule has 0 bridgehead atoms. The number of ether oxygens (including phenoxy) is 1. The number of fused-ring (bicyclic) bond motifs is 1. The highest BCUT2D eigenvalue weighted by Gasteiger charge is 2.55. The summed E-state index contributed by atoms with van der Waals surface area (Å²) < 4.78 is 6.98. The molecule has 4 aromatic rings. The van der Waals surface area contributed by atoms with E-state index < -0.39 is 35.3 Å². The zero-order chi connectivity index (χ0) is 32.2. The first-order valence-corrected chi connectivity index (χ1v) is 17.5. The number of carbonyl (C=O) groups excluding carboxylic acids is 3. The van der Waals surface area contributed by atoms with Crippen molar-refractivity contribution >= 4 is 74.8 Å². The van der Waals surface area contributed by atoms with E-state index in [1.54, 1.807) is 0 Å². The van der Waals surface area contributed by atoms with Gasteiger partial charge in [0.2, 0.25) is 0 Å². The lowest BCUT2D eigenvalue weighted by Crippen LogP contribution is -2.71. The van der Waals surface area contributed by atoms with Gasteiger partial charge in [-0.3, -0.25) is 14.5 Å². The highest BCUT2D eigenvalue weighted by atomic mass is 32.2. The third-order valence-corrected chi connectivity index (χ3v) is 11.2. The van der Waals surface area contributed by atoms with Gasteiger partial charge in [0.25, 0.3) is 11.8 Å². The Bertz CT molecular complexity index is 1770. The number of carbonyl (C=O) groups is 3. The number of hydrogen-bond donors (Lipinski definition) is 2. The van der Waals surface area contributed by atoms with Crippen molar-refractivity contribution in [3.05, 3.63) is 99.1 Å². The number of β-lactam (4-membered cyclic amide) rings is 1. The number of thioether (sulfide) groups is 2. The van der Waals surface area contributed by atoms with Crippen LogP contribution >= 0.6 is 46.2 Å². The second-order valence-electron chi connectivity index (χ2n) is 9.98. The first kappa shape index (κ1) is 31.7. The van der Waals surface area contributed by atoms with Crippen LogP contribution in [0.15, 0.2) is 87.6 Å². The number of benzene rings is 2. The average Bonchev–Trinajstić information content (AvgIpc) is 3.71. The van der Waals surface area contributed by atoms with Gasteiger partial charge in [-0.15, -0.1) is 22.0 Å². The van der Waals surface area contributed by atoms with Crippen LogP contribution in [0.3, 0.4) is 0 Å². The number of oxime groups is 1. The van der Waals surface area contributed by atoms with E-state index in [4.69, 9.17) is 15.3 Å². The van der Waals surface area contributed by atoms with Gasteiger partial charge in [0.05, 0.1) is 4.88 Å². The number of nitrogens with two attached hydrogens (primary N) is 1. The summed E-state index contributed by atoms with van der Waals surface area (Å²) in [7, 11) is 1.31. The highest BCUT2D eigenvalue weighted by Crippen LogP contribution is 2.43. The minimum Gasteiger partial charge on any atom is -0.448 e. The second kappa shape index (κ2) is 14.0. The SMILES string of the molecule is CO/N=C(/C(=O)N[C@@H]1C(=O)N2C(C(=O)OC(c3ccccc3)c3ccccc3)=C(CSc3nnc(C)s3)CS[C@H]12)c1cnc(N)s1. The number of esters is 1. The van der Waals surface area contributed by atoms with E-state index in [1.807, 2.05) is 67.6 Å². The van der Waals surface area contributed by atoms with E-state index in [1.165, 1.54) is 53.1 Å². The van der Waals surface area contributed by atoms with Crippen LogP contribution in [0.25, 0.3) is 0 Å². The fraction of sp³-hybridized carbons (Fsp3) is 0.233. The molecule has 46 heavy (non-hydrogen) atoms. The standard InChI is InChI=1S/C30H27N7O5S4/c1-16-34-35-30(45-16)44-15-19-14-43-27-22(33-25(38)21(36-41-2)20-13-32-29(31)46-20)26(39)37(27)23(19)28(40)42-24(17-9-5-3-6-10-17)18-11-7-4-8-12-18/h3-13,22,24,27H,14-15H2,1-2H3,(H2,31,32)(H,33,38)/b36-21+/t22-,27-/m1/s1. The van der Waals surface area contributed by atoms with Crippen molar-refractivity contribution in [1.29, 1.82) is 0 Å². The van der Waals surface area contributed by atoms with Gasteiger partial charge in [-0.2, -0.15) is 0 Å². The number of nitrogens with one attached hydrogen (secondary N) is 1. The van der Waals surface area contributed by atoms with Crippen molar-refractivity contribution in [1.82, 2.24) is 25.4 Å². The fourth-order valence-corrected chi connectivity index (χ4v) is 8.88. The van der Waals surface area contributed by atoms with E-state index in [9.17, 15) is 14.4 Å². The molecule has 6 rings (SSSR count). The Morgan fingerprint density at radius 1 is 1.11 bits per heavy atom. The van der Waals surface area contributed by atoms with Gasteiger partial charge >= 0.3 is 5.97 Å². The largest absolute Gasteiger partial charge is 0.448 e. The van der Waals surface area contributed by atoms with Gasteiger partial charge < -0.3 is 20.6 Å². The Morgan fingerprint density at radius 3 is 2.39 bits per heavy atom. The summed E-state index contributed by atoms with van der Waals surface area (Å²) in [5.74, 6) is -0.867. The lowest BCUT2D eigenvalue weighted by Gasteiger charge is -2.49. The molecule has 2 aliphatic heterocycles. The van der Waals surface area contributed by atoms with Crippen LogP contribution in [-0.4, -0.2) is 73.6 Å². The number of rotatable bonds is 11. The zero-order valence-corrected chi connectivity index (χ0v) is 27.8. The fourth-order valence-electron chi connectivity index (χ4n) is 4.91. The summed E-state index contributed by atoms with van der Waals surface area (Å²) in [4.78, 5) is 51.9. The molecule has 236 valence electrons. The molecule has 4 heterocycles. The Kier molecular flexibility index (Phi) is 9.67. The number of nitrogens with zero attached hydrogens (tertiary/aromatic N) is 5.